The number of hydrogen-bond acceptors (Lipinski definition) is 4. The first-order valence-corrected chi connectivity index (χ1v) is 7.87. The van der Waals surface area contributed by atoms with E-state index in [4.69, 9.17) is 5.73 Å². The maximum atomic E-state index is 13.7. The predicted octanol–water partition coefficient (Wildman–Crippen LogP) is 2.30. The summed E-state index contributed by atoms with van der Waals surface area (Å²) in [5, 5.41) is 4.07. The lowest BCUT2D eigenvalue weighted by Crippen LogP contribution is -2.11. The molecule has 0 saturated carbocycles. The molecule has 0 radical (unpaired) electrons. The molecule has 0 spiro atoms. The summed E-state index contributed by atoms with van der Waals surface area (Å²) in [5.41, 5.74) is 5.32. The smallest absolute Gasteiger partial charge is 0.189 e. The van der Waals surface area contributed by atoms with E-state index in [1.165, 1.54) is 6.07 Å². The van der Waals surface area contributed by atoms with Crippen molar-refractivity contribution in [1.29, 1.82) is 0 Å². The lowest BCUT2D eigenvalue weighted by Gasteiger charge is -2.07. The predicted molar refractivity (Wildman–Crippen MR) is 74.3 cm³/mol. The molecular weight excluding hydrogens is 300 g/mol. The third-order valence-electron chi connectivity index (χ3n) is 2.86. The minimum absolute atomic E-state index is 0.0615. The summed E-state index contributed by atoms with van der Waals surface area (Å²) in [6.07, 6.45) is 1.62. The highest BCUT2D eigenvalue weighted by molar-refractivity contribution is 7.90. The molecule has 0 aliphatic heterocycles. The Bertz CT molecular complexity index is 746. The van der Waals surface area contributed by atoms with Crippen LogP contribution in [0.15, 0.2) is 29.3 Å². The number of aromatic nitrogens is 2. The van der Waals surface area contributed by atoms with Crippen LogP contribution in [-0.4, -0.2) is 18.2 Å². The van der Waals surface area contributed by atoms with Gasteiger partial charge in [-0.25, -0.2) is 17.2 Å². The average Bonchev–Trinajstić information content (AvgIpc) is 2.74. The summed E-state index contributed by atoms with van der Waals surface area (Å²) in [4.78, 5) is -0.976. The van der Waals surface area contributed by atoms with E-state index in [9.17, 15) is 17.2 Å². The second-order valence-electron chi connectivity index (χ2n) is 4.95. The first-order valence-electron chi connectivity index (χ1n) is 6.22. The first kappa shape index (κ1) is 15.4. The zero-order valence-electron chi connectivity index (χ0n) is 11.5. The number of hydrogen-bond donors (Lipinski definition) is 1. The van der Waals surface area contributed by atoms with E-state index >= 15 is 0 Å². The van der Waals surface area contributed by atoms with Crippen molar-refractivity contribution >= 4 is 15.5 Å². The van der Waals surface area contributed by atoms with Gasteiger partial charge >= 0.3 is 0 Å². The molecule has 21 heavy (non-hydrogen) atoms. The summed E-state index contributed by atoms with van der Waals surface area (Å²) >= 11 is 0. The molecule has 2 N–H and O–H groups in total. The zero-order chi connectivity index (χ0) is 15.8. The normalized spacial score (nSPS) is 12.0. The minimum Gasteiger partial charge on any atom is -0.399 e. The molecule has 1 aromatic heterocycles. The Morgan fingerprint density at radius 2 is 1.86 bits per heavy atom. The van der Waals surface area contributed by atoms with Crippen molar-refractivity contribution in [3.63, 3.8) is 0 Å². The molecule has 5 nitrogen and oxygen atoms in total. The second-order valence-corrected chi connectivity index (χ2v) is 6.88. The van der Waals surface area contributed by atoms with Gasteiger partial charge in [0.1, 0.15) is 16.5 Å². The third kappa shape index (κ3) is 3.21. The summed E-state index contributed by atoms with van der Waals surface area (Å²) in [7, 11) is -4.19. The first-order chi connectivity index (χ1) is 9.70. The van der Waals surface area contributed by atoms with Gasteiger partial charge in [0.2, 0.25) is 0 Å². The van der Waals surface area contributed by atoms with Crippen LogP contribution in [0, 0.1) is 11.6 Å². The van der Waals surface area contributed by atoms with Crippen LogP contribution in [0.1, 0.15) is 25.6 Å². The Hall–Kier alpha value is -1.96. The van der Waals surface area contributed by atoms with Crippen LogP contribution in [0.4, 0.5) is 14.5 Å². The number of halogens is 2. The Balaban J connectivity index is 2.38. The van der Waals surface area contributed by atoms with Crippen molar-refractivity contribution in [2.75, 3.05) is 5.73 Å². The van der Waals surface area contributed by atoms with Crippen LogP contribution in [0.25, 0.3) is 0 Å². The van der Waals surface area contributed by atoms with Gasteiger partial charge in [0.15, 0.2) is 9.84 Å². The highest BCUT2D eigenvalue weighted by Gasteiger charge is 2.26. The van der Waals surface area contributed by atoms with E-state index in [-0.39, 0.29) is 17.4 Å². The number of benzene rings is 1. The van der Waals surface area contributed by atoms with Gasteiger partial charge < -0.3 is 5.73 Å². The Morgan fingerprint density at radius 3 is 2.33 bits per heavy atom. The van der Waals surface area contributed by atoms with Crippen molar-refractivity contribution in [1.82, 2.24) is 9.78 Å². The highest BCUT2D eigenvalue weighted by atomic mass is 32.2. The Kier molecular flexibility index (Phi) is 3.99. The monoisotopic (exact) mass is 315 g/mol. The maximum Gasteiger partial charge on any atom is 0.189 e. The maximum absolute atomic E-state index is 13.7. The van der Waals surface area contributed by atoms with E-state index in [1.54, 1.807) is 10.9 Å². The number of anilines is 1. The molecule has 114 valence electrons. The Labute approximate surface area is 121 Å². The molecule has 2 aromatic rings. The van der Waals surface area contributed by atoms with E-state index in [0.717, 1.165) is 12.1 Å². The molecule has 0 aliphatic carbocycles. The minimum atomic E-state index is -4.19. The summed E-state index contributed by atoms with van der Waals surface area (Å²) in [5.74, 6) is -2.98. The lowest BCUT2D eigenvalue weighted by atomic mass is 10.3. The molecule has 0 aliphatic rings. The van der Waals surface area contributed by atoms with Crippen molar-refractivity contribution in [2.45, 2.75) is 30.5 Å². The van der Waals surface area contributed by atoms with Crippen LogP contribution in [0.5, 0.6) is 0 Å². The molecule has 0 unspecified atom stereocenters. The van der Waals surface area contributed by atoms with Crippen molar-refractivity contribution < 1.29 is 17.2 Å². The molecule has 1 aromatic carbocycles. The van der Waals surface area contributed by atoms with E-state index in [0.29, 0.717) is 0 Å². The van der Waals surface area contributed by atoms with Gasteiger partial charge in [-0.05, 0) is 32.0 Å². The van der Waals surface area contributed by atoms with Gasteiger partial charge in [-0.2, -0.15) is 5.10 Å². The zero-order valence-corrected chi connectivity index (χ0v) is 12.4. The van der Waals surface area contributed by atoms with Gasteiger partial charge in [-0.15, -0.1) is 0 Å². The molecular formula is C13H15F2N3O2S. The summed E-state index contributed by atoms with van der Waals surface area (Å²) in [6, 6.07) is 3.13. The molecule has 8 heteroatoms. The molecule has 1 heterocycles. The van der Waals surface area contributed by atoms with Crippen LogP contribution in [-0.2, 0) is 15.6 Å². The summed E-state index contributed by atoms with van der Waals surface area (Å²) in [6.45, 7) is 3.76. The van der Waals surface area contributed by atoms with Crippen LogP contribution in [0.2, 0.25) is 0 Å². The lowest BCUT2D eigenvalue weighted by molar-refractivity contribution is 0.516. The van der Waals surface area contributed by atoms with Crippen molar-refractivity contribution in [2.24, 2.45) is 0 Å². The molecule has 0 saturated heterocycles. The SMILES string of the molecule is CC(C)n1ccc(CS(=O)(=O)c2c(F)cc(N)cc2F)n1. The van der Waals surface area contributed by atoms with Gasteiger partial charge in [0.05, 0.1) is 11.4 Å². The fraction of sp³-hybridized carbons (Fsp3) is 0.308. The topological polar surface area (TPSA) is 78.0 Å². The molecule has 0 atom stereocenters. The number of nitrogen functional groups attached to an aromatic ring is 1. The van der Waals surface area contributed by atoms with Crippen LogP contribution >= 0.6 is 0 Å². The molecule has 0 bridgehead atoms. The average molecular weight is 315 g/mol. The quantitative estimate of drug-likeness (QED) is 0.878. The van der Waals surface area contributed by atoms with Gasteiger partial charge in [0, 0.05) is 17.9 Å². The second kappa shape index (κ2) is 5.44. The van der Waals surface area contributed by atoms with Crippen molar-refractivity contribution in [3.05, 3.63) is 41.7 Å². The molecule has 0 amide bonds. The number of sulfone groups is 1. The largest absolute Gasteiger partial charge is 0.399 e. The van der Waals surface area contributed by atoms with Gasteiger partial charge in [-0.3, -0.25) is 4.68 Å². The van der Waals surface area contributed by atoms with E-state index in [1.807, 2.05) is 13.8 Å². The number of nitrogens with two attached hydrogens (primary N) is 1. The van der Waals surface area contributed by atoms with E-state index in [2.05, 4.69) is 5.10 Å². The van der Waals surface area contributed by atoms with Crippen LogP contribution < -0.4 is 5.73 Å². The van der Waals surface area contributed by atoms with E-state index < -0.39 is 32.1 Å². The third-order valence-corrected chi connectivity index (χ3v) is 4.55. The number of nitrogens with zero attached hydrogens (tertiary/aromatic N) is 2. The van der Waals surface area contributed by atoms with Gasteiger partial charge in [0.25, 0.3) is 0 Å². The molecule has 2 rings (SSSR count). The fourth-order valence-corrected chi connectivity index (χ4v) is 3.29. The summed E-state index contributed by atoms with van der Waals surface area (Å²) < 4.78 is 53.3. The van der Waals surface area contributed by atoms with Crippen LogP contribution in [0.3, 0.4) is 0 Å². The van der Waals surface area contributed by atoms with Crippen molar-refractivity contribution in [3.8, 4) is 0 Å². The molecule has 0 fully saturated rings. The Morgan fingerprint density at radius 1 is 1.29 bits per heavy atom. The fourth-order valence-electron chi connectivity index (χ4n) is 1.89. The highest BCUT2D eigenvalue weighted by Crippen LogP contribution is 2.25. The standard InChI is InChI=1S/C13H15F2N3O2S/c1-8(2)18-4-3-10(17-18)7-21(19,20)13-11(14)5-9(16)6-12(13)15/h3-6,8H,7,16H2,1-2H3. The number of rotatable bonds is 4. The van der Waals surface area contributed by atoms with Gasteiger partial charge in [-0.1, -0.05) is 0 Å².